The van der Waals surface area contributed by atoms with E-state index in [1.54, 1.807) is 42.5 Å². The molecule has 2 aromatic carbocycles. The predicted molar refractivity (Wildman–Crippen MR) is 94.9 cm³/mol. The maximum absolute atomic E-state index is 12.4. The molecule has 0 N–H and O–H groups in total. The maximum Gasteiger partial charge on any atom is 0.185 e. The number of carbonyl (C=O) groups excluding carboxylic acids is 1. The number of hydrogen-bond donors (Lipinski definition) is 0. The third-order valence-electron chi connectivity index (χ3n) is 3.73. The Balaban J connectivity index is 1.75. The molecule has 3 rings (SSSR count). The Morgan fingerprint density at radius 3 is 2.73 bits per heavy atom. The number of nitrogens with zero attached hydrogens (tertiary/aromatic N) is 1. The molecule has 1 aliphatic rings. The Morgan fingerprint density at radius 2 is 1.96 bits per heavy atom. The lowest BCUT2D eigenvalue weighted by atomic mass is 10.1. The number of nitriles is 1. The second-order valence-corrected chi connectivity index (χ2v) is 5.41. The number of methoxy groups -OCH3 is 1. The zero-order chi connectivity index (χ0) is 18.4. The first kappa shape index (κ1) is 17.4. The molecule has 0 saturated carbocycles. The average molecular weight is 351 g/mol. The Hall–Kier alpha value is -3.46. The second-order valence-electron chi connectivity index (χ2n) is 5.41. The van der Waals surface area contributed by atoms with Crippen molar-refractivity contribution in [2.45, 2.75) is 0 Å². The van der Waals surface area contributed by atoms with Gasteiger partial charge in [0, 0.05) is 5.56 Å². The summed E-state index contributed by atoms with van der Waals surface area (Å²) in [6, 6.07) is 12.2. The molecular weight excluding hydrogens is 334 g/mol. The number of carbonyl (C=O) groups is 1. The van der Waals surface area contributed by atoms with Crippen molar-refractivity contribution in [3.63, 3.8) is 0 Å². The van der Waals surface area contributed by atoms with Gasteiger partial charge in [0.15, 0.2) is 35.4 Å². The van der Waals surface area contributed by atoms with E-state index in [9.17, 15) is 4.79 Å². The van der Waals surface area contributed by atoms with E-state index in [-0.39, 0.29) is 12.4 Å². The molecular formula is C20H17NO5. The fourth-order valence-corrected chi connectivity index (χ4v) is 2.48. The van der Waals surface area contributed by atoms with Crippen LogP contribution in [0.5, 0.6) is 23.0 Å². The molecule has 0 aliphatic carbocycles. The number of benzene rings is 2. The molecule has 0 aromatic heterocycles. The van der Waals surface area contributed by atoms with Gasteiger partial charge in [0.1, 0.15) is 19.3 Å². The summed E-state index contributed by atoms with van der Waals surface area (Å²) in [5.41, 5.74) is 1.29. The molecule has 0 unspecified atom stereocenters. The molecule has 0 amide bonds. The smallest absolute Gasteiger partial charge is 0.185 e. The van der Waals surface area contributed by atoms with Gasteiger partial charge in [-0.1, -0.05) is 12.1 Å². The molecule has 6 heteroatoms. The summed E-state index contributed by atoms with van der Waals surface area (Å²) in [5, 5.41) is 8.59. The minimum absolute atomic E-state index is 0.0614. The van der Waals surface area contributed by atoms with Crippen molar-refractivity contribution in [2.24, 2.45) is 0 Å². The first-order chi connectivity index (χ1) is 12.7. The van der Waals surface area contributed by atoms with E-state index < -0.39 is 0 Å². The second kappa shape index (κ2) is 8.08. The van der Waals surface area contributed by atoms with Crippen molar-refractivity contribution in [3.05, 3.63) is 53.6 Å². The summed E-state index contributed by atoms with van der Waals surface area (Å²) in [6.07, 6.45) is 3.17. The largest absolute Gasteiger partial charge is 0.493 e. The lowest BCUT2D eigenvalue weighted by molar-refractivity contribution is 0.104. The van der Waals surface area contributed by atoms with Gasteiger partial charge >= 0.3 is 0 Å². The van der Waals surface area contributed by atoms with Gasteiger partial charge in [0.2, 0.25) is 0 Å². The normalized spacial score (nSPS) is 12.5. The Morgan fingerprint density at radius 1 is 1.15 bits per heavy atom. The average Bonchev–Trinajstić information content (AvgIpc) is 2.70. The van der Waals surface area contributed by atoms with Gasteiger partial charge in [-0.15, -0.1) is 0 Å². The maximum atomic E-state index is 12.4. The van der Waals surface area contributed by atoms with Crippen LogP contribution < -0.4 is 18.9 Å². The lowest BCUT2D eigenvalue weighted by Gasteiger charge is -2.18. The van der Waals surface area contributed by atoms with Crippen molar-refractivity contribution in [2.75, 3.05) is 26.9 Å². The molecule has 132 valence electrons. The molecule has 0 saturated heterocycles. The highest BCUT2D eigenvalue weighted by Gasteiger charge is 2.13. The fourth-order valence-electron chi connectivity index (χ4n) is 2.48. The number of ether oxygens (including phenoxy) is 4. The quantitative estimate of drug-likeness (QED) is 0.587. The van der Waals surface area contributed by atoms with Gasteiger partial charge < -0.3 is 18.9 Å². The Kier molecular flexibility index (Phi) is 5.40. The highest BCUT2D eigenvalue weighted by Crippen LogP contribution is 2.31. The third kappa shape index (κ3) is 3.95. The van der Waals surface area contributed by atoms with E-state index in [1.165, 1.54) is 13.2 Å². The van der Waals surface area contributed by atoms with E-state index in [0.717, 1.165) is 5.56 Å². The minimum Gasteiger partial charge on any atom is -0.493 e. The van der Waals surface area contributed by atoms with Crippen molar-refractivity contribution in [3.8, 4) is 29.1 Å². The van der Waals surface area contributed by atoms with Crippen LogP contribution in [0.25, 0.3) is 6.08 Å². The van der Waals surface area contributed by atoms with Crippen LogP contribution in [0.4, 0.5) is 0 Å². The summed E-state index contributed by atoms with van der Waals surface area (Å²) >= 11 is 0. The van der Waals surface area contributed by atoms with E-state index in [2.05, 4.69) is 0 Å². The summed E-state index contributed by atoms with van der Waals surface area (Å²) in [4.78, 5) is 12.4. The van der Waals surface area contributed by atoms with Crippen molar-refractivity contribution in [1.82, 2.24) is 0 Å². The van der Waals surface area contributed by atoms with Crippen LogP contribution in [-0.2, 0) is 0 Å². The van der Waals surface area contributed by atoms with Crippen LogP contribution in [0.15, 0.2) is 42.5 Å². The van der Waals surface area contributed by atoms with E-state index in [0.29, 0.717) is 41.8 Å². The molecule has 1 heterocycles. The summed E-state index contributed by atoms with van der Waals surface area (Å²) in [7, 11) is 1.52. The molecule has 0 bridgehead atoms. The van der Waals surface area contributed by atoms with Crippen LogP contribution in [0.2, 0.25) is 0 Å². The molecule has 0 atom stereocenters. The Labute approximate surface area is 151 Å². The zero-order valence-electron chi connectivity index (χ0n) is 14.2. The van der Waals surface area contributed by atoms with E-state index >= 15 is 0 Å². The van der Waals surface area contributed by atoms with Gasteiger partial charge in [0.25, 0.3) is 0 Å². The predicted octanol–water partition coefficient (Wildman–Crippen LogP) is 3.26. The minimum atomic E-state index is -0.147. The highest BCUT2D eigenvalue weighted by atomic mass is 16.6. The van der Waals surface area contributed by atoms with Crippen LogP contribution >= 0.6 is 0 Å². The molecule has 2 aromatic rings. The fraction of sp³-hybridized carbons (Fsp3) is 0.200. The third-order valence-corrected chi connectivity index (χ3v) is 3.73. The number of fused-ring (bicyclic) bond motifs is 1. The molecule has 26 heavy (non-hydrogen) atoms. The zero-order valence-corrected chi connectivity index (χ0v) is 14.2. The number of rotatable bonds is 6. The van der Waals surface area contributed by atoms with Gasteiger partial charge in [-0.05, 0) is 42.0 Å². The van der Waals surface area contributed by atoms with Gasteiger partial charge in [-0.25, -0.2) is 0 Å². The summed E-state index contributed by atoms with van der Waals surface area (Å²) in [5.74, 6) is 2.05. The molecule has 0 fully saturated rings. The SMILES string of the molecule is COc1cc(C=CC(=O)c2ccc3c(c2)OCCO3)ccc1OCC#N. The number of allylic oxidation sites excluding steroid dienone is 1. The van der Waals surface area contributed by atoms with Crippen molar-refractivity contribution < 1.29 is 23.7 Å². The van der Waals surface area contributed by atoms with Crippen LogP contribution in [0.1, 0.15) is 15.9 Å². The van der Waals surface area contributed by atoms with Crippen molar-refractivity contribution in [1.29, 1.82) is 5.26 Å². The molecule has 6 nitrogen and oxygen atoms in total. The van der Waals surface area contributed by atoms with Crippen LogP contribution in [0, 0.1) is 11.3 Å². The molecule has 0 spiro atoms. The standard InChI is InChI=1S/C20H17NO5/c1-23-19-12-14(3-6-17(19)24-9-8-21)2-5-16(22)15-4-7-18-20(13-15)26-11-10-25-18/h2-7,12-13H,9-11H2,1H3. The Bertz CT molecular complexity index is 882. The first-order valence-electron chi connectivity index (χ1n) is 8.01. The van der Waals surface area contributed by atoms with Gasteiger partial charge in [0.05, 0.1) is 7.11 Å². The topological polar surface area (TPSA) is 77.8 Å². The summed E-state index contributed by atoms with van der Waals surface area (Å²) < 4.78 is 21.5. The first-order valence-corrected chi connectivity index (χ1v) is 8.01. The monoisotopic (exact) mass is 351 g/mol. The van der Waals surface area contributed by atoms with E-state index in [1.807, 2.05) is 6.07 Å². The number of hydrogen-bond acceptors (Lipinski definition) is 6. The molecule has 1 aliphatic heterocycles. The van der Waals surface area contributed by atoms with Gasteiger partial charge in [-0.3, -0.25) is 4.79 Å². The lowest BCUT2D eigenvalue weighted by Crippen LogP contribution is -2.15. The highest BCUT2D eigenvalue weighted by molar-refractivity contribution is 6.07. The van der Waals surface area contributed by atoms with Crippen molar-refractivity contribution >= 4 is 11.9 Å². The summed E-state index contributed by atoms with van der Waals surface area (Å²) in [6.45, 7) is 0.921. The number of ketones is 1. The van der Waals surface area contributed by atoms with E-state index in [4.69, 9.17) is 24.2 Å². The molecule has 0 radical (unpaired) electrons. The van der Waals surface area contributed by atoms with Crippen LogP contribution in [-0.4, -0.2) is 32.7 Å². The van der Waals surface area contributed by atoms with Crippen LogP contribution in [0.3, 0.4) is 0 Å². The van der Waals surface area contributed by atoms with Gasteiger partial charge in [-0.2, -0.15) is 5.26 Å².